The summed E-state index contributed by atoms with van der Waals surface area (Å²) in [5.41, 5.74) is -0.867. The third-order valence-electron chi connectivity index (χ3n) is 2.04. The van der Waals surface area contributed by atoms with Gasteiger partial charge in [-0.2, -0.15) is 0 Å². The molecule has 96 valence electrons. The van der Waals surface area contributed by atoms with Gasteiger partial charge in [-0.25, -0.2) is 4.79 Å². The summed E-state index contributed by atoms with van der Waals surface area (Å²) in [7, 11) is 1.81. The van der Waals surface area contributed by atoms with Crippen molar-refractivity contribution in [1.82, 2.24) is 10.6 Å². The van der Waals surface area contributed by atoms with Gasteiger partial charge < -0.3 is 20.5 Å². The summed E-state index contributed by atoms with van der Waals surface area (Å²) < 4.78 is 5.10. The van der Waals surface area contributed by atoms with Crippen molar-refractivity contribution in [3.63, 3.8) is 0 Å². The lowest BCUT2D eigenvalue weighted by molar-refractivity contribution is 0.0479. The second-order valence-electron chi connectivity index (χ2n) is 5.35. The molecule has 0 saturated carbocycles. The van der Waals surface area contributed by atoms with Gasteiger partial charge >= 0.3 is 6.09 Å². The van der Waals surface area contributed by atoms with Crippen LogP contribution in [0.25, 0.3) is 0 Å². The highest BCUT2D eigenvalue weighted by Crippen LogP contribution is 2.13. The minimum Gasteiger partial charge on any atom is -0.444 e. The highest BCUT2D eigenvalue weighted by Gasteiger charge is 2.24. The Morgan fingerprint density at radius 1 is 1.25 bits per heavy atom. The number of nitrogens with one attached hydrogen (secondary N) is 2. The van der Waals surface area contributed by atoms with E-state index in [9.17, 15) is 9.90 Å². The summed E-state index contributed by atoms with van der Waals surface area (Å²) in [5.74, 6) is 0. The molecule has 0 aliphatic carbocycles. The number of hydrogen-bond donors (Lipinski definition) is 3. The summed E-state index contributed by atoms with van der Waals surface area (Å²) in [6.45, 7) is 8.32. The zero-order chi connectivity index (χ0) is 12.8. The maximum atomic E-state index is 11.4. The molecule has 0 aliphatic rings. The van der Waals surface area contributed by atoms with E-state index in [2.05, 4.69) is 10.6 Å². The van der Waals surface area contributed by atoms with Crippen molar-refractivity contribution < 1.29 is 14.6 Å². The number of ether oxygens (including phenoxy) is 1. The number of carbonyl (C=O) groups is 1. The fourth-order valence-corrected chi connectivity index (χ4v) is 1.20. The number of alkyl carbamates (subject to hydrolysis) is 1. The van der Waals surface area contributed by atoms with E-state index in [-0.39, 0.29) is 12.0 Å². The summed E-state index contributed by atoms with van der Waals surface area (Å²) in [4.78, 5) is 11.4. The molecule has 0 aromatic heterocycles. The predicted molar refractivity (Wildman–Crippen MR) is 63.4 cm³/mol. The predicted octanol–water partition coefficient (Wildman–Crippen LogP) is 0.729. The summed E-state index contributed by atoms with van der Waals surface area (Å²) in [6, 6.07) is 0. The van der Waals surface area contributed by atoms with Gasteiger partial charge in [-0.3, -0.25) is 0 Å². The molecule has 0 saturated heterocycles. The first-order valence-corrected chi connectivity index (χ1v) is 5.45. The molecule has 0 heterocycles. The van der Waals surface area contributed by atoms with Crippen LogP contribution in [-0.2, 0) is 4.74 Å². The van der Waals surface area contributed by atoms with Crippen molar-refractivity contribution >= 4 is 6.09 Å². The maximum absolute atomic E-state index is 11.4. The molecule has 0 spiro atoms. The molecule has 1 unspecified atom stereocenters. The molecule has 0 rings (SSSR count). The van der Waals surface area contributed by atoms with E-state index in [1.807, 2.05) is 27.7 Å². The first-order chi connectivity index (χ1) is 7.22. The van der Waals surface area contributed by atoms with Crippen LogP contribution in [0.2, 0.25) is 0 Å². The minimum absolute atomic E-state index is 0.00361. The summed E-state index contributed by atoms with van der Waals surface area (Å²) in [6.07, 6.45) is -0.455. The SMILES string of the molecule is CNCC(C)(CO)CNC(=O)OC(C)(C)C. The topological polar surface area (TPSA) is 70.6 Å². The Kier molecular flexibility index (Phi) is 5.75. The lowest BCUT2D eigenvalue weighted by Gasteiger charge is -2.28. The number of carbonyl (C=O) groups excluding carboxylic acids is 1. The van der Waals surface area contributed by atoms with Gasteiger partial charge in [-0.15, -0.1) is 0 Å². The van der Waals surface area contributed by atoms with E-state index in [1.165, 1.54) is 0 Å². The molecule has 0 aliphatic heterocycles. The Labute approximate surface area is 97.6 Å². The third-order valence-corrected chi connectivity index (χ3v) is 2.04. The van der Waals surface area contributed by atoms with Gasteiger partial charge in [0.2, 0.25) is 0 Å². The zero-order valence-electron chi connectivity index (χ0n) is 10.9. The first kappa shape index (κ1) is 15.2. The monoisotopic (exact) mass is 232 g/mol. The second kappa shape index (κ2) is 6.06. The lowest BCUT2D eigenvalue weighted by atomic mass is 9.92. The molecule has 0 aromatic rings. The van der Waals surface area contributed by atoms with Crippen molar-refractivity contribution in [2.45, 2.75) is 33.3 Å². The van der Waals surface area contributed by atoms with Gasteiger partial charge in [-0.1, -0.05) is 6.92 Å². The Morgan fingerprint density at radius 3 is 2.19 bits per heavy atom. The lowest BCUT2D eigenvalue weighted by Crippen LogP contribution is -2.45. The van der Waals surface area contributed by atoms with Gasteiger partial charge in [0.1, 0.15) is 5.60 Å². The zero-order valence-corrected chi connectivity index (χ0v) is 10.9. The highest BCUT2D eigenvalue weighted by atomic mass is 16.6. The number of hydrogen-bond acceptors (Lipinski definition) is 4. The Bertz CT molecular complexity index is 226. The highest BCUT2D eigenvalue weighted by molar-refractivity contribution is 5.67. The Morgan fingerprint density at radius 2 is 1.81 bits per heavy atom. The number of amides is 1. The molecule has 1 amide bonds. The van der Waals surface area contributed by atoms with Crippen LogP contribution < -0.4 is 10.6 Å². The van der Waals surface area contributed by atoms with Crippen molar-refractivity contribution in [2.24, 2.45) is 5.41 Å². The molecule has 5 heteroatoms. The van der Waals surface area contributed by atoms with Crippen LogP contribution in [0, 0.1) is 5.41 Å². The van der Waals surface area contributed by atoms with Crippen molar-refractivity contribution in [3.05, 3.63) is 0 Å². The molecule has 0 bridgehead atoms. The number of aliphatic hydroxyl groups is 1. The van der Waals surface area contributed by atoms with Gasteiger partial charge in [0.25, 0.3) is 0 Å². The van der Waals surface area contributed by atoms with E-state index >= 15 is 0 Å². The van der Waals surface area contributed by atoms with E-state index in [4.69, 9.17) is 4.74 Å². The largest absolute Gasteiger partial charge is 0.444 e. The maximum Gasteiger partial charge on any atom is 0.407 e. The van der Waals surface area contributed by atoms with Crippen molar-refractivity contribution in [3.8, 4) is 0 Å². The van der Waals surface area contributed by atoms with E-state index in [0.717, 1.165) is 0 Å². The smallest absolute Gasteiger partial charge is 0.407 e. The van der Waals surface area contributed by atoms with Crippen LogP contribution in [0.15, 0.2) is 0 Å². The Balaban J connectivity index is 4.07. The molecular weight excluding hydrogens is 208 g/mol. The van der Waals surface area contributed by atoms with Crippen LogP contribution in [0.1, 0.15) is 27.7 Å². The first-order valence-electron chi connectivity index (χ1n) is 5.45. The fourth-order valence-electron chi connectivity index (χ4n) is 1.20. The van der Waals surface area contributed by atoms with Crippen molar-refractivity contribution in [1.29, 1.82) is 0 Å². The van der Waals surface area contributed by atoms with E-state index in [1.54, 1.807) is 7.05 Å². The van der Waals surface area contributed by atoms with Crippen LogP contribution in [0.5, 0.6) is 0 Å². The van der Waals surface area contributed by atoms with E-state index in [0.29, 0.717) is 13.1 Å². The molecule has 5 nitrogen and oxygen atoms in total. The summed E-state index contributed by atoms with van der Waals surface area (Å²) >= 11 is 0. The molecule has 1 atom stereocenters. The van der Waals surface area contributed by atoms with Crippen LogP contribution in [0.3, 0.4) is 0 Å². The van der Waals surface area contributed by atoms with Crippen LogP contribution in [0.4, 0.5) is 4.79 Å². The van der Waals surface area contributed by atoms with Gasteiger partial charge in [0.15, 0.2) is 0 Å². The third kappa shape index (κ3) is 6.63. The van der Waals surface area contributed by atoms with Crippen LogP contribution >= 0.6 is 0 Å². The second-order valence-corrected chi connectivity index (χ2v) is 5.35. The van der Waals surface area contributed by atoms with Gasteiger partial charge in [-0.05, 0) is 27.8 Å². The minimum atomic E-state index is -0.497. The summed E-state index contributed by atoms with van der Waals surface area (Å²) in [5, 5.41) is 14.9. The molecule has 0 aromatic carbocycles. The standard InChI is InChI=1S/C11H24N2O3/c1-10(2,3)16-9(15)13-7-11(4,8-14)6-12-5/h12,14H,6-8H2,1-5H3,(H,13,15). The van der Waals surface area contributed by atoms with Crippen LogP contribution in [-0.4, -0.2) is 43.5 Å². The van der Waals surface area contributed by atoms with Gasteiger partial charge in [0.05, 0.1) is 6.61 Å². The molecule has 16 heavy (non-hydrogen) atoms. The van der Waals surface area contributed by atoms with Crippen molar-refractivity contribution in [2.75, 3.05) is 26.7 Å². The quantitative estimate of drug-likeness (QED) is 0.653. The average Bonchev–Trinajstić information content (AvgIpc) is 2.13. The Hall–Kier alpha value is -0.810. The number of aliphatic hydroxyl groups excluding tert-OH is 1. The molecule has 3 N–H and O–H groups in total. The molecule has 0 fully saturated rings. The fraction of sp³-hybridized carbons (Fsp3) is 0.909. The van der Waals surface area contributed by atoms with Gasteiger partial charge in [0, 0.05) is 18.5 Å². The number of rotatable bonds is 5. The normalized spacial score (nSPS) is 15.4. The molecule has 0 radical (unpaired) electrons. The molecular formula is C11H24N2O3. The van der Waals surface area contributed by atoms with E-state index < -0.39 is 11.7 Å². The average molecular weight is 232 g/mol.